The van der Waals surface area contributed by atoms with Crippen molar-refractivity contribution in [1.29, 1.82) is 0 Å². The number of hydrogen-bond acceptors (Lipinski definition) is 4. The van der Waals surface area contributed by atoms with Crippen LogP contribution in [0.25, 0.3) is 22.3 Å². The smallest absolute Gasteiger partial charge is 0.246 e. The zero-order chi connectivity index (χ0) is 20.2. The minimum atomic E-state index is 0.0696. The van der Waals surface area contributed by atoms with Gasteiger partial charge in [-0.05, 0) is 37.5 Å². The predicted molar refractivity (Wildman–Crippen MR) is 112 cm³/mol. The Morgan fingerprint density at radius 2 is 2.03 bits per heavy atom. The van der Waals surface area contributed by atoms with E-state index < -0.39 is 0 Å². The summed E-state index contributed by atoms with van der Waals surface area (Å²) in [5.41, 5.74) is 4.42. The highest BCUT2D eigenvalue weighted by molar-refractivity contribution is 5.83. The number of aromatic nitrogens is 3. The Labute approximate surface area is 169 Å². The molecule has 0 radical (unpaired) electrons. The minimum Gasteiger partial charge on any atom is -0.361 e. The first kappa shape index (κ1) is 18.9. The quantitative estimate of drug-likeness (QED) is 0.505. The van der Waals surface area contributed by atoms with Crippen molar-refractivity contribution >= 4 is 16.8 Å². The Balaban J connectivity index is 1.30. The van der Waals surface area contributed by atoms with Crippen LogP contribution in [0.5, 0.6) is 0 Å². The molecule has 4 rings (SSSR count). The summed E-state index contributed by atoms with van der Waals surface area (Å²) in [6.45, 7) is 2.33. The molecule has 1 amide bonds. The predicted octanol–water partition coefficient (Wildman–Crippen LogP) is 4.51. The van der Waals surface area contributed by atoms with Gasteiger partial charge in [0.25, 0.3) is 0 Å². The van der Waals surface area contributed by atoms with E-state index in [0.29, 0.717) is 24.7 Å². The van der Waals surface area contributed by atoms with Gasteiger partial charge in [-0.1, -0.05) is 47.1 Å². The molecule has 0 saturated heterocycles. The number of carbonyl (C=O) groups is 1. The molecule has 1 N–H and O–H groups in total. The Morgan fingerprint density at radius 1 is 1.17 bits per heavy atom. The van der Waals surface area contributed by atoms with Gasteiger partial charge in [-0.25, -0.2) is 0 Å². The Kier molecular flexibility index (Phi) is 5.42. The molecule has 0 atom stereocenters. The van der Waals surface area contributed by atoms with E-state index in [4.69, 9.17) is 4.52 Å². The lowest BCUT2D eigenvalue weighted by atomic mass is 10.1. The Morgan fingerprint density at radius 3 is 2.90 bits per heavy atom. The molecule has 0 aliphatic rings. The van der Waals surface area contributed by atoms with Gasteiger partial charge in [-0.3, -0.25) is 4.79 Å². The normalized spacial score (nSPS) is 11.1. The third-order valence-corrected chi connectivity index (χ3v) is 5.05. The van der Waals surface area contributed by atoms with Crippen molar-refractivity contribution < 1.29 is 9.32 Å². The monoisotopic (exact) mass is 388 g/mol. The van der Waals surface area contributed by atoms with Crippen LogP contribution in [-0.4, -0.2) is 33.0 Å². The second kappa shape index (κ2) is 8.31. The van der Waals surface area contributed by atoms with Crippen molar-refractivity contribution in [2.45, 2.75) is 32.7 Å². The number of rotatable bonds is 7. The van der Waals surface area contributed by atoms with Gasteiger partial charge in [0, 0.05) is 36.1 Å². The van der Waals surface area contributed by atoms with Crippen molar-refractivity contribution in [3.05, 3.63) is 71.7 Å². The summed E-state index contributed by atoms with van der Waals surface area (Å²) in [5, 5.41) is 5.26. The van der Waals surface area contributed by atoms with Gasteiger partial charge in [0.15, 0.2) is 0 Å². The van der Waals surface area contributed by atoms with Gasteiger partial charge >= 0.3 is 0 Å². The number of nitrogens with zero attached hydrogens (tertiary/aromatic N) is 3. The van der Waals surface area contributed by atoms with Crippen LogP contribution < -0.4 is 0 Å². The van der Waals surface area contributed by atoms with E-state index in [1.807, 2.05) is 49.5 Å². The molecule has 2 aromatic carbocycles. The number of aromatic amines is 1. The van der Waals surface area contributed by atoms with Gasteiger partial charge in [0.05, 0.1) is 6.54 Å². The molecular formula is C23H24N4O2. The number of hydrogen-bond donors (Lipinski definition) is 1. The maximum Gasteiger partial charge on any atom is 0.246 e. The summed E-state index contributed by atoms with van der Waals surface area (Å²) in [6, 6.07) is 16.2. The van der Waals surface area contributed by atoms with Crippen molar-refractivity contribution in [3.63, 3.8) is 0 Å². The molecule has 29 heavy (non-hydrogen) atoms. The van der Waals surface area contributed by atoms with Crippen LogP contribution in [0, 0.1) is 6.92 Å². The van der Waals surface area contributed by atoms with E-state index in [1.54, 1.807) is 11.9 Å². The van der Waals surface area contributed by atoms with E-state index in [-0.39, 0.29) is 5.91 Å². The SMILES string of the molecule is Cc1cccc(-c2noc(CN(C)C(=O)CCCc3c[nH]c4ccccc34)n2)c1. The molecule has 0 aliphatic carbocycles. The highest BCUT2D eigenvalue weighted by atomic mass is 16.5. The van der Waals surface area contributed by atoms with Gasteiger partial charge in [0.2, 0.25) is 17.6 Å². The lowest BCUT2D eigenvalue weighted by molar-refractivity contribution is -0.130. The van der Waals surface area contributed by atoms with Crippen molar-refractivity contribution in [1.82, 2.24) is 20.0 Å². The highest BCUT2D eigenvalue weighted by Crippen LogP contribution is 2.20. The molecule has 4 aromatic rings. The number of benzene rings is 2. The van der Waals surface area contributed by atoms with E-state index in [9.17, 15) is 4.79 Å². The fraction of sp³-hybridized carbons (Fsp3) is 0.261. The van der Waals surface area contributed by atoms with Gasteiger partial charge < -0.3 is 14.4 Å². The Hall–Kier alpha value is -3.41. The largest absolute Gasteiger partial charge is 0.361 e. The minimum absolute atomic E-state index is 0.0696. The molecular weight excluding hydrogens is 364 g/mol. The van der Waals surface area contributed by atoms with Crippen molar-refractivity contribution in [3.8, 4) is 11.4 Å². The summed E-state index contributed by atoms with van der Waals surface area (Å²) in [6.07, 6.45) is 4.17. The van der Waals surface area contributed by atoms with Crippen LogP contribution in [-0.2, 0) is 17.8 Å². The molecule has 0 aliphatic heterocycles. The second-order valence-electron chi connectivity index (χ2n) is 7.34. The first-order valence-electron chi connectivity index (χ1n) is 9.79. The fourth-order valence-electron chi connectivity index (χ4n) is 3.47. The number of para-hydroxylation sites is 1. The third kappa shape index (κ3) is 4.37. The molecule has 0 fully saturated rings. The first-order valence-corrected chi connectivity index (χ1v) is 9.79. The zero-order valence-corrected chi connectivity index (χ0v) is 16.7. The summed E-state index contributed by atoms with van der Waals surface area (Å²) in [4.78, 5) is 21.8. The summed E-state index contributed by atoms with van der Waals surface area (Å²) >= 11 is 0. The first-order chi connectivity index (χ1) is 14.1. The van der Waals surface area contributed by atoms with Crippen LogP contribution in [0.4, 0.5) is 0 Å². The molecule has 6 nitrogen and oxygen atoms in total. The number of amides is 1. The van der Waals surface area contributed by atoms with Gasteiger partial charge in [-0.15, -0.1) is 0 Å². The number of nitrogens with one attached hydrogen (secondary N) is 1. The van der Waals surface area contributed by atoms with Crippen LogP contribution in [0.15, 0.2) is 59.3 Å². The van der Waals surface area contributed by atoms with Crippen molar-refractivity contribution in [2.24, 2.45) is 0 Å². The third-order valence-electron chi connectivity index (χ3n) is 5.05. The Bertz CT molecular complexity index is 1130. The summed E-state index contributed by atoms with van der Waals surface area (Å²) in [7, 11) is 1.77. The molecule has 0 bridgehead atoms. The molecule has 0 saturated carbocycles. The molecule has 6 heteroatoms. The van der Waals surface area contributed by atoms with E-state index in [1.165, 1.54) is 10.9 Å². The lowest BCUT2D eigenvalue weighted by Crippen LogP contribution is -2.26. The van der Waals surface area contributed by atoms with E-state index >= 15 is 0 Å². The summed E-state index contributed by atoms with van der Waals surface area (Å²) < 4.78 is 5.33. The molecule has 2 heterocycles. The highest BCUT2D eigenvalue weighted by Gasteiger charge is 2.15. The van der Waals surface area contributed by atoms with Crippen LogP contribution in [0.3, 0.4) is 0 Å². The van der Waals surface area contributed by atoms with Gasteiger partial charge in [0.1, 0.15) is 0 Å². The average molecular weight is 388 g/mol. The maximum absolute atomic E-state index is 12.5. The topological polar surface area (TPSA) is 75.0 Å². The van der Waals surface area contributed by atoms with Gasteiger partial charge in [-0.2, -0.15) is 4.98 Å². The number of aryl methyl sites for hydroxylation is 2. The van der Waals surface area contributed by atoms with Crippen LogP contribution >= 0.6 is 0 Å². The molecule has 0 spiro atoms. The van der Waals surface area contributed by atoms with Crippen LogP contribution in [0.2, 0.25) is 0 Å². The van der Waals surface area contributed by atoms with Crippen LogP contribution in [0.1, 0.15) is 29.9 Å². The molecule has 2 aromatic heterocycles. The number of carbonyl (C=O) groups excluding carboxylic acids is 1. The second-order valence-corrected chi connectivity index (χ2v) is 7.34. The molecule has 0 unspecified atom stereocenters. The summed E-state index contributed by atoms with van der Waals surface area (Å²) in [5.74, 6) is 1.05. The lowest BCUT2D eigenvalue weighted by Gasteiger charge is -2.14. The zero-order valence-electron chi connectivity index (χ0n) is 16.7. The maximum atomic E-state index is 12.5. The fourth-order valence-corrected chi connectivity index (χ4v) is 3.47. The number of fused-ring (bicyclic) bond motifs is 1. The standard InChI is InChI=1S/C23H24N4O2/c1-16-7-5-8-17(13-16)23-25-21(29-26-23)15-27(2)22(28)12-6-9-18-14-24-20-11-4-3-10-19(18)20/h3-5,7-8,10-11,13-14,24H,6,9,12,15H2,1-2H3. The average Bonchev–Trinajstić information content (AvgIpc) is 3.35. The van der Waals surface area contributed by atoms with E-state index in [2.05, 4.69) is 27.3 Å². The van der Waals surface area contributed by atoms with E-state index in [0.717, 1.165) is 29.5 Å². The van der Waals surface area contributed by atoms with Crippen molar-refractivity contribution in [2.75, 3.05) is 7.05 Å². The number of H-pyrrole nitrogens is 1. The molecule has 148 valence electrons.